The van der Waals surface area contributed by atoms with Crippen LogP contribution in [-0.2, 0) is 0 Å². The first kappa shape index (κ1) is 13.3. The molecule has 0 saturated heterocycles. The van der Waals surface area contributed by atoms with Crippen molar-refractivity contribution in [3.63, 3.8) is 0 Å². The van der Waals surface area contributed by atoms with E-state index in [2.05, 4.69) is 20.9 Å². The van der Waals surface area contributed by atoms with Gasteiger partial charge in [-0.25, -0.2) is 4.98 Å². The maximum absolute atomic E-state index is 11.5. The molecule has 2 heterocycles. The molecule has 3 rings (SSSR count). The maximum Gasteiger partial charge on any atom is 0.0845 e. The average Bonchev–Trinajstić information content (AvgIpc) is 2.91. The van der Waals surface area contributed by atoms with Crippen LogP contribution < -0.4 is 5.11 Å². The van der Waals surface area contributed by atoms with Crippen molar-refractivity contribution in [1.29, 1.82) is 0 Å². The zero-order valence-corrected chi connectivity index (χ0v) is 12.9. The molecule has 0 amide bonds. The van der Waals surface area contributed by atoms with E-state index in [0.29, 0.717) is 22.2 Å². The van der Waals surface area contributed by atoms with Crippen LogP contribution in [-0.4, -0.2) is 11.0 Å². The highest BCUT2D eigenvalue weighted by molar-refractivity contribution is 9.10. The summed E-state index contributed by atoms with van der Waals surface area (Å²) in [4.78, 5) is 17.1. The summed E-state index contributed by atoms with van der Waals surface area (Å²) in [5.74, 6) is -1.18. The summed E-state index contributed by atoms with van der Waals surface area (Å²) in [7, 11) is 0. The minimum absolute atomic E-state index is 0.208. The number of nitrogens with zero attached hydrogens (tertiary/aromatic N) is 1. The lowest BCUT2D eigenvalue weighted by Gasteiger charge is -2.14. The van der Waals surface area contributed by atoms with Gasteiger partial charge in [-0.2, -0.15) is 0 Å². The smallest absolute Gasteiger partial charge is 0.0845 e. The molecule has 0 fully saturated rings. The second kappa shape index (κ2) is 5.00. The Balaban J connectivity index is 2.43. The van der Waals surface area contributed by atoms with Gasteiger partial charge in [0.05, 0.1) is 22.1 Å². The van der Waals surface area contributed by atoms with Crippen molar-refractivity contribution in [2.24, 2.45) is 0 Å². The van der Waals surface area contributed by atoms with Gasteiger partial charge < -0.3 is 9.90 Å². The molecule has 0 N–H and O–H groups in total. The normalized spacial score (nSPS) is 10.9. The Morgan fingerprint density at radius 1 is 1.35 bits per heavy atom. The number of fused-ring (bicyclic) bond motifs is 1. The van der Waals surface area contributed by atoms with Gasteiger partial charge in [-0.1, -0.05) is 22.0 Å². The van der Waals surface area contributed by atoms with Crippen molar-refractivity contribution in [3.8, 4) is 10.6 Å². The summed E-state index contributed by atoms with van der Waals surface area (Å²) < 4.78 is 0.817. The van der Waals surface area contributed by atoms with Crippen molar-refractivity contribution in [2.75, 3.05) is 0 Å². The van der Waals surface area contributed by atoms with Crippen LogP contribution in [0.25, 0.3) is 21.5 Å². The molecule has 20 heavy (non-hydrogen) atoms. The first-order valence-electron chi connectivity index (χ1n) is 5.93. The number of carbonyl (C=O) groups excluding carboxylic acids is 1. The fraction of sp³-hybridized carbons (Fsp3) is 0.0667. The molecule has 2 aromatic heterocycles. The van der Waals surface area contributed by atoms with Gasteiger partial charge in [-0.15, -0.1) is 11.3 Å². The third kappa shape index (κ3) is 2.13. The average molecular weight is 347 g/mol. The Hall–Kier alpha value is -1.72. The van der Waals surface area contributed by atoms with E-state index in [9.17, 15) is 9.90 Å². The molecular formula is C15H9BrNO2S-. The molecule has 0 atom stereocenters. The number of carbonyl (C=O) groups is 1. The predicted molar refractivity (Wildman–Crippen MR) is 81.8 cm³/mol. The van der Waals surface area contributed by atoms with Crippen LogP contribution in [0.3, 0.4) is 0 Å². The summed E-state index contributed by atoms with van der Waals surface area (Å²) in [6.45, 7) is 1.77. The van der Waals surface area contributed by atoms with E-state index in [0.717, 1.165) is 9.35 Å². The number of aromatic carboxylic acids is 1. The van der Waals surface area contributed by atoms with Crippen molar-refractivity contribution in [2.45, 2.75) is 6.92 Å². The highest BCUT2D eigenvalue weighted by Crippen LogP contribution is 2.32. The van der Waals surface area contributed by atoms with Crippen molar-refractivity contribution >= 4 is 44.1 Å². The summed E-state index contributed by atoms with van der Waals surface area (Å²) in [5, 5.41) is 14.1. The van der Waals surface area contributed by atoms with E-state index in [1.807, 2.05) is 29.6 Å². The van der Waals surface area contributed by atoms with Crippen LogP contribution in [0.4, 0.5) is 0 Å². The van der Waals surface area contributed by atoms with Gasteiger partial charge in [0.25, 0.3) is 0 Å². The number of rotatable bonds is 2. The number of pyridine rings is 1. The molecule has 0 aliphatic heterocycles. The molecule has 0 unspecified atom stereocenters. The Morgan fingerprint density at radius 2 is 2.15 bits per heavy atom. The number of carboxylic acid groups (broad SMARTS) is 1. The number of hydrogen-bond acceptors (Lipinski definition) is 4. The van der Waals surface area contributed by atoms with E-state index < -0.39 is 5.97 Å². The Labute approximate surface area is 128 Å². The summed E-state index contributed by atoms with van der Waals surface area (Å²) >= 11 is 4.90. The van der Waals surface area contributed by atoms with Crippen molar-refractivity contribution in [3.05, 3.63) is 51.3 Å². The van der Waals surface area contributed by atoms with E-state index in [-0.39, 0.29) is 5.56 Å². The van der Waals surface area contributed by atoms with Crippen LogP contribution in [0.15, 0.2) is 40.2 Å². The van der Waals surface area contributed by atoms with Crippen LogP contribution in [0.5, 0.6) is 0 Å². The SMILES string of the molecule is Cc1c(-c2cccs2)nc2ccc(Br)cc2c1C(=O)[O-]. The lowest BCUT2D eigenvalue weighted by molar-refractivity contribution is -0.254. The summed E-state index contributed by atoms with van der Waals surface area (Å²) in [6.07, 6.45) is 0. The Morgan fingerprint density at radius 3 is 2.80 bits per heavy atom. The third-order valence-electron chi connectivity index (χ3n) is 3.15. The highest BCUT2D eigenvalue weighted by atomic mass is 79.9. The Bertz CT molecular complexity index is 812. The molecule has 100 valence electrons. The molecule has 0 aliphatic rings. The first-order chi connectivity index (χ1) is 9.58. The quantitative estimate of drug-likeness (QED) is 0.714. The van der Waals surface area contributed by atoms with Gasteiger partial charge >= 0.3 is 0 Å². The molecule has 1 aromatic carbocycles. The molecule has 0 radical (unpaired) electrons. The van der Waals surface area contributed by atoms with Gasteiger partial charge in [0.2, 0.25) is 0 Å². The summed E-state index contributed by atoms with van der Waals surface area (Å²) in [5.41, 5.74) is 2.20. The number of carboxylic acids is 1. The predicted octanol–water partition coefficient (Wildman–Crippen LogP) is 3.40. The van der Waals surface area contributed by atoms with Crippen LogP contribution in [0.2, 0.25) is 0 Å². The van der Waals surface area contributed by atoms with Gasteiger partial charge in [-0.3, -0.25) is 0 Å². The largest absolute Gasteiger partial charge is 0.545 e. The van der Waals surface area contributed by atoms with Gasteiger partial charge in [-0.05, 0) is 42.1 Å². The zero-order chi connectivity index (χ0) is 14.3. The van der Waals surface area contributed by atoms with Crippen LogP contribution in [0, 0.1) is 6.92 Å². The van der Waals surface area contributed by atoms with E-state index in [1.165, 1.54) is 11.3 Å². The van der Waals surface area contributed by atoms with E-state index in [4.69, 9.17) is 0 Å². The molecule has 5 heteroatoms. The monoisotopic (exact) mass is 346 g/mol. The number of halogens is 1. The minimum atomic E-state index is -1.18. The van der Waals surface area contributed by atoms with Crippen molar-refractivity contribution < 1.29 is 9.90 Å². The lowest BCUT2D eigenvalue weighted by Crippen LogP contribution is -2.24. The van der Waals surface area contributed by atoms with Crippen LogP contribution >= 0.6 is 27.3 Å². The van der Waals surface area contributed by atoms with Crippen LogP contribution in [0.1, 0.15) is 15.9 Å². The number of thiophene rings is 1. The molecular weight excluding hydrogens is 338 g/mol. The fourth-order valence-electron chi connectivity index (χ4n) is 2.25. The number of aromatic nitrogens is 1. The fourth-order valence-corrected chi connectivity index (χ4v) is 3.38. The zero-order valence-electron chi connectivity index (χ0n) is 10.5. The van der Waals surface area contributed by atoms with Gasteiger partial charge in [0, 0.05) is 15.4 Å². The third-order valence-corrected chi connectivity index (χ3v) is 4.52. The molecule has 3 nitrogen and oxygen atoms in total. The van der Waals surface area contributed by atoms with Gasteiger partial charge in [0.15, 0.2) is 0 Å². The second-order valence-corrected chi connectivity index (χ2v) is 6.25. The lowest BCUT2D eigenvalue weighted by atomic mass is 10.0. The maximum atomic E-state index is 11.5. The Kier molecular flexibility index (Phi) is 3.31. The van der Waals surface area contributed by atoms with Crippen molar-refractivity contribution in [1.82, 2.24) is 4.98 Å². The molecule has 0 saturated carbocycles. The molecule has 0 aliphatic carbocycles. The second-order valence-electron chi connectivity index (χ2n) is 4.39. The molecule has 3 aromatic rings. The standard InChI is InChI=1S/C15H10BrNO2S/c1-8-13(15(18)19)10-7-9(16)4-5-11(10)17-14(8)12-3-2-6-20-12/h2-7H,1H3,(H,18,19)/p-1. The first-order valence-corrected chi connectivity index (χ1v) is 7.60. The minimum Gasteiger partial charge on any atom is -0.545 e. The highest BCUT2D eigenvalue weighted by Gasteiger charge is 2.14. The number of benzene rings is 1. The number of hydrogen-bond donors (Lipinski definition) is 0. The molecule has 0 bridgehead atoms. The molecule has 0 spiro atoms. The van der Waals surface area contributed by atoms with E-state index in [1.54, 1.807) is 13.0 Å². The topological polar surface area (TPSA) is 53.0 Å². The van der Waals surface area contributed by atoms with E-state index >= 15 is 0 Å². The summed E-state index contributed by atoms with van der Waals surface area (Å²) in [6, 6.07) is 9.28. The van der Waals surface area contributed by atoms with Gasteiger partial charge in [0.1, 0.15) is 0 Å².